The number of aliphatic carboxylic acids is 1. The molecule has 0 aromatic heterocycles. The lowest BCUT2D eigenvalue weighted by Crippen LogP contribution is -2.42. The number of nitrogens with one attached hydrogen (secondary N) is 1. The number of carboxylic acid groups (broad SMARTS) is 1. The number of sulfone groups is 1. The van der Waals surface area contributed by atoms with E-state index in [1.54, 1.807) is 0 Å². The first-order valence-corrected chi connectivity index (χ1v) is 12.1. The molecule has 0 spiro atoms. The Kier molecular flexibility index (Phi) is 7.25. The van der Waals surface area contributed by atoms with Gasteiger partial charge in [-0.15, -0.1) is 0 Å². The number of amides is 1. The molecule has 0 unspecified atom stereocenters. The molecule has 1 aromatic rings. The van der Waals surface area contributed by atoms with Crippen LogP contribution < -0.4 is 10.1 Å². The van der Waals surface area contributed by atoms with E-state index in [1.807, 2.05) is 0 Å². The van der Waals surface area contributed by atoms with Crippen LogP contribution in [0.4, 0.5) is 5.69 Å². The summed E-state index contributed by atoms with van der Waals surface area (Å²) in [6.07, 6.45) is -0.101. The first kappa shape index (κ1) is 23.1. The summed E-state index contributed by atoms with van der Waals surface area (Å²) >= 11 is 0. The van der Waals surface area contributed by atoms with Crippen LogP contribution in [0.2, 0.25) is 0 Å². The summed E-state index contributed by atoms with van der Waals surface area (Å²) in [7, 11) is -6.32. The Balaban J connectivity index is 2.47. The van der Waals surface area contributed by atoms with Gasteiger partial charge in [-0.05, 0) is 31.0 Å². The highest BCUT2D eigenvalue weighted by molar-refractivity contribution is 7.92. The van der Waals surface area contributed by atoms with Gasteiger partial charge in [-0.1, -0.05) is 0 Å². The van der Waals surface area contributed by atoms with Crippen molar-refractivity contribution in [1.29, 1.82) is 0 Å². The molecule has 2 N–H and O–H groups in total. The minimum atomic E-state index is -4.23. The van der Waals surface area contributed by atoms with Gasteiger partial charge >= 0.3 is 5.97 Å². The van der Waals surface area contributed by atoms with Crippen LogP contribution in [0, 0.1) is 0 Å². The number of rotatable bonds is 9. The van der Waals surface area contributed by atoms with Crippen LogP contribution in [0.15, 0.2) is 23.1 Å². The molecule has 0 bridgehead atoms. The zero-order valence-electron chi connectivity index (χ0n) is 16.1. The minimum absolute atomic E-state index is 0.0266. The van der Waals surface area contributed by atoms with E-state index in [0.717, 1.165) is 4.31 Å². The molecule has 2 rings (SSSR count). The van der Waals surface area contributed by atoms with Crippen LogP contribution >= 0.6 is 0 Å². The standard InChI is InChI=1S/C17H24N2O8S2/c1-12(20)18-13-5-6-15(27-2)16(10-13)29(25,26)19(8-3-4-17(21)22)14-7-9-28(23,24)11-14/h5-6,10,14H,3-4,7-9,11H2,1-2H3,(H,18,20)(H,21,22)/t14-/m0/s1. The van der Waals surface area contributed by atoms with Gasteiger partial charge < -0.3 is 15.2 Å². The fraction of sp³-hybridized carbons (Fsp3) is 0.529. The van der Waals surface area contributed by atoms with Gasteiger partial charge in [0.15, 0.2) is 9.84 Å². The Bertz CT molecular complexity index is 989. The molecule has 0 aliphatic carbocycles. The highest BCUT2D eigenvalue weighted by atomic mass is 32.2. The van der Waals surface area contributed by atoms with Crippen molar-refractivity contribution in [3.8, 4) is 5.75 Å². The van der Waals surface area contributed by atoms with Crippen LogP contribution in [0.25, 0.3) is 0 Å². The number of anilines is 1. The molecule has 1 saturated heterocycles. The van der Waals surface area contributed by atoms with Gasteiger partial charge in [0.25, 0.3) is 0 Å². The van der Waals surface area contributed by atoms with E-state index in [1.165, 1.54) is 32.2 Å². The second kappa shape index (κ2) is 9.09. The average molecular weight is 449 g/mol. The number of benzene rings is 1. The maximum absolute atomic E-state index is 13.4. The van der Waals surface area contributed by atoms with Crippen molar-refractivity contribution in [2.24, 2.45) is 0 Å². The summed E-state index contributed by atoms with van der Waals surface area (Å²) in [4.78, 5) is 21.9. The molecule has 0 radical (unpaired) electrons. The molecule has 10 nitrogen and oxygen atoms in total. The van der Waals surface area contributed by atoms with E-state index in [4.69, 9.17) is 9.84 Å². The fourth-order valence-corrected chi connectivity index (χ4v) is 6.87. The summed E-state index contributed by atoms with van der Waals surface area (Å²) in [5.74, 6) is -1.90. The van der Waals surface area contributed by atoms with Crippen molar-refractivity contribution >= 4 is 37.4 Å². The highest BCUT2D eigenvalue weighted by Crippen LogP contribution is 2.33. The second-order valence-corrected chi connectivity index (χ2v) is 10.8. The van der Waals surface area contributed by atoms with Crippen molar-refractivity contribution in [3.63, 3.8) is 0 Å². The molecule has 1 aromatic carbocycles. The molecular formula is C17H24N2O8S2. The van der Waals surface area contributed by atoms with Gasteiger partial charge in [0.05, 0.1) is 18.6 Å². The van der Waals surface area contributed by atoms with E-state index in [2.05, 4.69) is 5.32 Å². The fourth-order valence-electron chi connectivity index (χ4n) is 3.17. The second-order valence-electron chi connectivity index (χ2n) is 6.72. The van der Waals surface area contributed by atoms with Crippen molar-refractivity contribution in [3.05, 3.63) is 18.2 Å². The number of sulfonamides is 1. The molecule has 0 saturated carbocycles. The van der Waals surface area contributed by atoms with Crippen molar-refractivity contribution in [2.75, 3.05) is 30.5 Å². The molecular weight excluding hydrogens is 424 g/mol. The summed E-state index contributed by atoms with van der Waals surface area (Å²) in [5, 5.41) is 11.4. The predicted octanol–water partition coefficient (Wildman–Crippen LogP) is 0.696. The molecule has 1 heterocycles. The van der Waals surface area contributed by atoms with Gasteiger partial charge in [0.2, 0.25) is 15.9 Å². The quantitative estimate of drug-likeness (QED) is 0.561. The van der Waals surface area contributed by atoms with Gasteiger partial charge in [-0.3, -0.25) is 9.59 Å². The third kappa shape index (κ3) is 5.90. The predicted molar refractivity (Wildman–Crippen MR) is 105 cm³/mol. The van der Waals surface area contributed by atoms with Crippen molar-refractivity contribution < 1.29 is 36.3 Å². The van der Waals surface area contributed by atoms with Gasteiger partial charge in [0.1, 0.15) is 10.6 Å². The normalized spacial score (nSPS) is 18.5. The van der Waals surface area contributed by atoms with Crippen LogP contribution in [-0.4, -0.2) is 69.3 Å². The first-order chi connectivity index (χ1) is 13.5. The molecule has 1 atom stereocenters. The molecule has 162 valence electrons. The third-order valence-corrected chi connectivity index (χ3v) is 8.18. The lowest BCUT2D eigenvalue weighted by molar-refractivity contribution is -0.137. The lowest BCUT2D eigenvalue weighted by atomic mass is 10.2. The number of hydrogen-bond acceptors (Lipinski definition) is 7. The summed E-state index contributed by atoms with van der Waals surface area (Å²) in [6.45, 7) is 1.13. The Hall–Kier alpha value is -2.18. The highest BCUT2D eigenvalue weighted by Gasteiger charge is 2.39. The SMILES string of the molecule is COc1ccc(NC(C)=O)cc1S(=O)(=O)N(CCCC(=O)O)[C@H]1CCS(=O)(=O)C1. The van der Waals surface area contributed by atoms with Crippen molar-refractivity contribution in [2.45, 2.75) is 37.1 Å². The van der Waals surface area contributed by atoms with Gasteiger partial charge in [0, 0.05) is 31.6 Å². The summed E-state index contributed by atoms with van der Waals surface area (Å²) in [6, 6.07) is 3.31. The number of methoxy groups -OCH3 is 1. The van der Waals surface area contributed by atoms with Crippen LogP contribution in [0.5, 0.6) is 5.75 Å². The zero-order valence-corrected chi connectivity index (χ0v) is 17.8. The van der Waals surface area contributed by atoms with E-state index in [0.29, 0.717) is 0 Å². The van der Waals surface area contributed by atoms with Crippen molar-refractivity contribution in [1.82, 2.24) is 4.31 Å². The van der Waals surface area contributed by atoms with Crippen LogP contribution in [-0.2, 0) is 29.4 Å². The third-order valence-electron chi connectivity index (χ3n) is 4.46. The summed E-state index contributed by atoms with van der Waals surface area (Å²) < 4.78 is 56.8. The van der Waals surface area contributed by atoms with E-state index >= 15 is 0 Å². The monoisotopic (exact) mass is 448 g/mol. The number of ether oxygens (including phenoxy) is 1. The number of carbonyl (C=O) groups excluding carboxylic acids is 1. The average Bonchev–Trinajstić information content (AvgIpc) is 2.97. The largest absolute Gasteiger partial charge is 0.495 e. The van der Waals surface area contributed by atoms with Gasteiger partial charge in [-0.25, -0.2) is 16.8 Å². The van der Waals surface area contributed by atoms with Gasteiger partial charge in [-0.2, -0.15) is 4.31 Å². The van der Waals surface area contributed by atoms with E-state index in [9.17, 15) is 26.4 Å². The minimum Gasteiger partial charge on any atom is -0.495 e. The van der Waals surface area contributed by atoms with Crippen LogP contribution in [0.1, 0.15) is 26.2 Å². The Morgan fingerprint density at radius 3 is 2.55 bits per heavy atom. The molecule has 1 amide bonds. The number of nitrogens with zero attached hydrogens (tertiary/aromatic N) is 1. The number of hydrogen-bond donors (Lipinski definition) is 2. The van der Waals surface area contributed by atoms with E-state index in [-0.39, 0.29) is 53.6 Å². The zero-order chi connectivity index (χ0) is 21.8. The molecule has 1 fully saturated rings. The Labute approximate surface area is 169 Å². The maximum Gasteiger partial charge on any atom is 0.303 e. The Morgan fingerprint density at radius 1 is 1.34 bits per heavy atom. The first-order valence-electron chi connectivity index (χ1n) is 8.86. The summed E-state index contributed by atoms with van der Waals surface area (Å²) in [5.41, 5.74) is 0.237. The van der Waals surface area contributed by atoms with Crippen LogP contribution in [0.3, 0.4) is 0 Å². The maximum atomic E-state index is 13.4. The lowest BCUT2D eigenvalue weighted by Gasteiger charge is -2.28. The smallest absolute Gasteiger partial charge is 0.303 e. The number of carboxylic acids is 1. The molecule has 1 aliphatic heterocycles. The van der Waals surface area contributed by atoms with E-state index < -0.39 is 37.8 Å². The Morgan fingerprint density at radius 2 is 2.03 bits per heavy atom. The molecule has 1 aliphatic rings. The molecule has 12 heteroatoms. The number of carbonyl (C=O) groups is 2. The topological polar surface area (TPSA) is 147 Å². The molecule has 29 heavy (non-hydrogen) atoms.